The molecule has 5 heteroatoms. The van der Waals surface area contributed by atoms with Crippen LogP contribution in [0.15, 0.2) is 188 Å². The van der Waals surface area contributed by atoms with Crippen molar-refractivity contribution >= 4 is 53.9 Å². The van der Waals surface area contributed by atoms with Gasteiger partial charge < -0.3 is 0 Å². The molecule has 0 amide bonds. The van der Waals surface area contributed by atoms with Crippen LogP contribution < -0.4 is 22.8 Å². The first-order chi connectivity index (χ1) is 68.5. The highest BCUT2D eigenvalue weighted by Crippen LogP contribution is 2.47. The van der Waals surface area contributed by atoms with Crippen LogP contribution in [0.25, 0.3) is 110 Å². The zero-order valence-corrected chi connectivity index (χ0v) is 93.2. The van der Waals surface area contributed by atoms with Crippen molar-refractivity contribution in [2.24, 2.45) is 35.2 Å². The zero-order valence-electron chi connectivity index (χ0n) is 93.2. The molecule has 0 unspecified atom stereocenters. The van der Waals surface area contributed by atoms with E-state index < -0.39 is 0 Å². The molecule has 143 heavy (non-hydrogen) atoms. The molecule has 0 saturated heterocycles. The molecule has 746 valence electrons. The van der Waals surface area contributed by atoms with Crippen molar-refractivity contribution in [2.75, 3.05) is 0 Å². The lowest BCUT2D eigenvalue weighted by Crippen LogP contribution is -2.35. The first kappa shape index (κ1) is 104. The van der Waals surface area contributed by atoms with Gasteiger partial charge in [-0.05, 0) is 382 Å². The van der Waals surface area contributed by atoms with Gasteiger partial charge in [0.2, 0.25) is 28.5 Å². The average Bonchev–Trinajstić information content (AvgIpc) is 1.16. The van der Waals surface area contributed by atoms with Crippen LogP contribution in [0.1, 0.15) is 396 Å². The van der Waals surface area contributed by atoms with E-state index in [1.807, 2.05) is 0 Å². The van der Waals surface area contributed by atoms with Gasteiger partial charge in [-0.2, -0.15) is 22.8 Å². The third kappa shape index (κ3) is 22.5. The van der Waals surface area contributed by atoms with E-state index in [0.29, 0.717) is 5.92 Å². The fourth-order valence-electron chi connectivity index (χ4n) is 26.0. The van der Waals surface area contributed by atoms with Crippen LogP contribution >= 0.6 is 0 Å². The van der Waals surface area contributed by atoms with Gasteiger partial charge in [-0.1, -0.05) is 252 Å². The molecular weight excluding hydrogens is 1730 g/mol. The van der Waals surface area contributed by atoms with Gasteiger partial charge in [0.1, 0.15) is 35.2 Å². The van der Waals surface area contributed by atoms with Crippen LogP contribution in [0.4, 0.5) is 0 Å². The summed E-state index contributed by atoms with van der Waals surface area (Å²) in [4.78, 5) is 0. The molecule has 0 radical (unpaired) electrons. The van der Waals surface area contributed by atoms with Gasteiger partial charge in [0, 0.05) is 70.5 Å². The summed E-state index contributed by atoms with van der Waals surface area (Å²) < 4.78 is 11.9. The van der Waals surface area contributed by atoms with E-state index in [1.54, 1.807) is 22.3 Å². The van der Waals surface area contributed by atoms with E-state index in [9.17, 15) is 0 Å². The minimum atomic E-state index is 0.138. The maximum atomic E-state index is 2.53. The molecular formula is C138H174N5+5. The lowest BCUT2D eigenvalue weighted by atomic mass is 9.82. The van der Waals surface area contributed by atoms with E-state index in [2.05, 4.69) is 392 Å². The fraction of sp³-hybridized carbons (Fsp3) is 0.457. The largest absolute Gasteiger partial charge is 0.220 e. The van der Waals surface area contributed by atoms with Crippen LogP contribution in [0, 0.1) is 111 Å². The molecule has 0 N–H and O–H groups in total. The van der Waals surface area contributed by atoms with Crippen molar-refractivity contribution in [3.8, 4) is 56.3 Å². The summed E-state index contributed by atoms with van der Waals surface area (Å²) in [5.41, 5.74) is 47.8. The molecule has 0 spiro atoms. The van der Waals surface area contributed by atoms with Crippen molar-refractivity contribution in [3.63, 3.8) is 0 Å². The Labute approximate surface area is 862 Å². The van der Waals surface area contributed by atoms with Gasteiger partial charge in [0.05, 0.1) is 49.2 Å². The van der Waals surface area contributed by atoms with Crippen molar-refractivity contribution in [1.82, 2.24) is 0 Å². The zero-order chi connectivity index (χ0) is 101. The second-order valence-corrected chi connectivity index (χ2v) is 47.3. The highest BCUT2D eigenvalue weighted by atomic mass is 15.0. The predicted octanol–water partition coefficient (Wildman–Crippen LogP) is 35.9. The minimum Gasteiger partial charge on any atom is -0.198 e. The normalized spacial score (nSPS) is 16.1. The smallest absolute Gasteiger partial charge is 0.198 e. The van der Waals surface area contributed by atoms with Crippen LogP contribution in [-0.4, -0.2) is 0 Å². The van der Waals surface area contributed by atoms with Gasteiger partial charge in [0.25, 0.3) is 0 Å². The summed E-state index contributed by atoms with van der Waals surface area (Å²) in [6.45, 7) is 47.5. The molecule has 5 heterocycles. The first-order valence-corrected chi connectivity index (χ1v) is 56.2. The van der Waals surface area contributed by atoms with Crippen molar-refractivity contribution in [1.29, 1.82) is 0 Å². The number of aryl methyl sites for hydroxylation is 12. The van der Waals surface area contributed by atoms with Crippen LogP contribution in [-0.2, 0) is 40.7 Å². The maximum Gasteiger partial charge on any atom is 0.220 e. The Morgan fingerprint density at radius 1 is 0.217 bits per heavy atom. The van der Waals surface area contributed by atoms with E-state index in [0.717, 1.165) is 35.5 Å². The Hall–Kier alpha value is -10.8. The quantitative estimate of drug-likeness (QED) is 0.109. The molecule has 6 fully saturated rings. The monoisotopic (exact) mass is 1900 g/mol. The predicted molar refractivity (Wildman–Crippen MR) is 612 cm³/mol. The molecule has 0 atom stereocenters. The Morgan fingerprint density at radius 3 is 0.776 bits per heavy atom. The summed E-state index contributed by atoms with van der Waals surface area (Å²) in [5, 5.41) is 13.9. The number of fused-ring (bicyclic) bond motifs is 5. The molecule has 6 aliphatic rings. The van der Waals surface area contributed by atoms with Crippen molar-refractivity contribution in [2.45, 2.75) is 378 Å². The fourth-order valence-corrected chi connectivity index (χ4v) is 26.0. The van der Waals surface area contributed by atoms with Crippen molar-refractivity contribution < 1.29 is 22.8 Å². The van der Waals surface area contributed by atoms with Crippen molar-refractivity contribution in [3.05, 3.63) is 322 Å². The molecule has 6 saturated carbocycles. The average molecular weight is 1900 g/mol. The molecule has 10 aromatic carbocycles. The van der Waals surface area contributed by atoms with Gasteiger partial charge in [0.15, 0.2) is 28.5 Å². The van der Waals surface area contributed by atoms with Crippen LogP contribution in [0.5, 0.6) is 0 Å². The van der Waals surface area contributed by atoms with Gasteiger partial charge in [-0.3, -0.25) is 0 Å². The lowest BCUT2D eigenvalue weighted by molar-refractivity contribution is -0.665. The number of rotatable bonds is 12. The molecule has 0 aliphatic heterocycles. The van der Waals surface area contributed by atoms with E-state index >= 15 is 0 Å². The van der Waals surface area contributed by atoms with E-state index in [-0.39, 0.29) is 5.41 Å². The SMILES string of the molecule is Cc1cc(C(C)(C)C)cc(-c2c3ccc(C4CCCCC4)cc3cc(C)[n+]2C)c1C.Cc1cc(C(C)C)cc(-c2c3ccc(C4CCCCC4)cc3cc(C)[n+]2C)c1C.Cc1cc(C)c(C)c(-c2c3ccc(C4CCCCC4)cc3cc(C)[n+]2C)c1.Cc1cc(C2CCCC2)cc(-c2c3ccc(C4CCCCC4)cc3cc(C)[n+]2C)c1C.Cc1ccc(C)c(-c2c3ccc(C4CCCCC4)cc3cc(C)[n+]2C)c1. The Balaban J connectivity index is 0.000000123. The molecule has 6 aliphatic carbocycles. The topological polar surface area (TPSA) is 19.4 Å². The third-order valence-electron chi connectivity index (χ3n) is 36.1. The van der Waals surface area contributed by atoms with Crippen LogP contribution in [0.2, 0.25) is 0 Å². The first-order valence-electron chi connectivity index (χ1n) is 56.2. The Bertz CT molecular complexity index is 7220. The second-order valence-electron chi connectivity index (χ2n) is 47.3. The summed E-state index contributed by atoms with van der Waals surface area (Å²) in [6.07, 6.45) is 40.0. The lowest BCUT2D eigenvalue weighted by Gasteiger charge is -2.23. The van der Waals surface area contributed by atoms with Gasteiger partial charge >= 0.3 is 0 Å². The van der Waals surface area contributed by atoms with Gasteiger partial charge in [-0.15, -0.1) is 0 Å². The molecule has 0 bridgehead atoms. The Kier molecular flexibility index (Phi) is 32.4. The highest BCUT2D eigenvalue weighted by molar-refractivity contribution is 5.99. The third-order valence-corrected chi connectivity index (χ3v) is 36.1. The number of nitrogens with zero attached hydrogens (tertiary/aromatic N) is 5. The highest BCUT2D eigenvalue weighted by Gasteiger charge is 2.33. The van der Waals surface area contributed by atoms with E-state index in [1.165, 1.54) is 408 Å². The number of hydrogen-bond acceptors (Lipinski definition) is 0. The maximum absolute atomic E-state index is 2.53. The van der Waals surface area contributed by atoms with Crippen LogP contribution in [0.3, 0.4) is 0 Å². The number of benzene rings is 10. The summed E-state index contributed by atoms with van der Waals surface area (Å²) in [5.74, 6) is 5.04. The number of aromatic nitrogens is 5. The molecule has 21 rings (SSSR count). The van der Waals surface area contributed by atoms with Gasteiger partial charge in [-0.25, -0.2) is 0 Å². The molecule has 15 aromatic rings. The standard InChI is InChI=1S/C30H38N.C29H38N.C28H36N.C26H32N.C25H30N/c1-20-16-26(24-12-8-9-13-24)19-29(22(20)3)30-28-15-14-25(23-10-6-5-7-11-23)18-27(28)17-21(2)31(30)4;1-19-15-25(29(4,5)6)18-27(21(19)3)28-26-14-13-23(22-11-9-8-10-12-22)17-24(26)16-20(2)30(28)7;1-18(2)24-14-19(3)21(5)27(17-24)28-26-13-12-23(22-10-8-7-9-11-22)16-25(26)15-20(4)29(28)6;1-17-13-18(2)20(4)25(14-17)26-24-12-11-22(21-9-7-6-8-10-21)16-23(24)15-19(3)27(26)5;1-17-10-11-18(2)24(14-17)25-23-13-12-21(20-8-6-5-7-9-20)16-22(23)15-19(3)26(25)4/h14-19,23-24H,5-13H2,1-4H3;13-18,22H,8-12H2,1-7H3;12-18,22H,7-11H2,1-6H3;11-16,21H,6-10H2,1-5H3;10-16,20H,5-9H2,1-4H3/q5*+1. The second kappa shape index (κ2) is 44.7. The summed E-state index contributed by atoms with van der Waals surface area (Å²) in [7, 11) is 11.1. The molecule has 5 aromatic heterocycles. The minimum absolute atomic E-state index is 0.138. The Morgan fingerprint density at radius 2 is 0.469 bits per heavy atom. The molecule has 5 nitrogen and oxygen atoms in total. The summed E-state index contributed by atoms with van der Waals surface area (Å²) >= 11 is 0. The number of pyridine rings is 5. The number of hydrogen-bond donors (Lipinski definition) is 0. The summed E-state index contributed by atoms with van der Waals surface area (Å²) in [6, 6.07) is 74.3. The van der Waals surface area contributed by atoms with E-state index in [4.69, 9.17) is 0 Å².